The van der Waals surface area contributed by atoms with Gasteiger partial charge in [-0.25, -0.2) is 4.79 Å². The lowest BCUT2D eigenvalue weighted by Gasteiger charge is -2.58. The third-order valence-corrected chi connectivity index (χ3v) is 7.38. The van der Waals surface area contributed by atoms with E-state index in [1.165, 1.54) is 19.3 Å². The summed E-state index contributed by atoms with van der Waals surface area (Å²) in [5.41, 5.74) is -2.20. The highest BCUT2D eigenvalue weighted by atomic mass is 16.6. The topological polar surface area (TPSA) is 154 Å². The SMILES string of the molecule is COC(=O)[C@@H]1C[C@H](OC(C)=O)C(=O)[C@@H]2[C@@](C)(/C=C/C3=CC(=O)O[C@H]3O)[C@H](C(=O)O)CC[C@]21C. The van der Waals surface area contributed by atoms with E-state index in [0.717, 1.165) is 13.0 Å². The number of hydrogen-bond acceptors (Lipinski definition) is 9. The summed E-state index contributed by atoms with van der Waals surface area (Å²) >= 11 is 0. The summed E-state index contributed by atoms with van der Waals surface area (Å²) in [4.78, 5) is 61.7. The molecule has 0 saturated heterocycles. The van der Waals surface area contributed by atoms with Gasteiger partial charge in [0.2, 0.25) is 6.29 Å². The number of ketones is 1. The number of cyclic esters (lactones) is 1. The van der Waals surface area contributed by atoms with Gasteiger partial charge in [0.1, 0.15) is 0 Å². The van der Waals surface area contributed by atoms with Crippen LogP contribution in [0.2, 0.25) is 0 Å². The first kappa shape index (κ1) is 24.6. The molecular weight excluding hydrogens is 436 g/mol. The van der Waals surface area contributed by atoms with Gasteiger partial charge in [-0.1, -0.05) is 26.0 Å². The molecule has 0 aromatic carbocycles. The summed E-state index contributed by atoms with van der Waals surface area (Å²) in [5, 5.41) is 19.9. The number of allylic oxidation sites excluding steroid dienone is 1. The smallest absolute Gasteiger partial charge is 0.333 e. The van der Waals surface area contributed by atoms with Crippen LogP contribution in [0.15, 0.2) is 23.8 Å². The highest BCUT2D eigenvalue weighted by molar-refractivity contribution is 5.93. The average Bonchev–Trinajstić information content (AvgIpc) is 3.04. The Kier molecular flexibility index (Phi) is 6.52. The van der Waals surface area contributed by atoms with E-state index in [0.29, 0.717) is 0 Å². The number of carbonyl (C=O) groups excluding carboxylic acids is 4. The monoisotopic (exact) mass is 464 g/mol. The van der Waals surface area contributed by atoms with Crippen molar-refractivity contribution in [2.45, 2.75) is 52.4 Å². The average molecular weight is 464 g/mol. The Bertz CT molecular complexity index is 949. The Morgan fingerprint density at radius 1 is 1.21 bits per heavy atom. The Hall–Kier alpha value is -3.01. The summed E-state index contributed by atoms with van der Waals surface area (Å²) in [6, 6.07) is 0. The molecule has 2 N–H and O–H groups in total. The number of fused-ring (bicyclic) bond motifs is 1. The van der Waals surface area contributed by atoms with Crippen molar-refractivity contribution in [3.05, 3.63) is 23.8 Å². The summed E-state index contributed by atoms with van der Waals surface area (Å²) in [7, 11) is 1.23. The molecule has 0 bridgehead atoms. The van der Waals surface area contributed by atoms with Crippen molar-refractivity contribution in [1.29, 1.82) is 0 Å². The van der Waals surface area contributed by atoms with Crippen molar-refractivity contribution in [3.63, 3.8) is 0 Å². The number of esters is 3. The molecule has 2 fully saturated rings. The van der Waals surface area contributed by atoms with Crippen molar-refractivity contribution >= 4 is 29.7 Å². The van der Waals surface area contributed by atoms with Gasteiger partial charge in [0.15, 0.2) is 11.9 Å². The van der Waals surface area contributed by atoms with Gasteiger partial charge in [-0.2, -0.15) is 0 Å². The van der Waals surface area contributed by atoms with Gasteiger partial charge in [-0.05, 0) is 18.3 Å². The van der Waals surface area contributed by atoms with Crippen LogP contribution in [0.1, 0.15) is 40.0 Å². The van der Waals surface area contributed by atoms with E-state index in [-0.39, 0.29) is 24.8 Å². The first-order valence-electron chi connectivity index (χ1n) is 10.7. The largest absolute Gasteiger partial charge is 0.481 e. The maximum absolute atomic E-state index is 13.7. The summed E-state index contributed by atoms with van der Waals surface area (Å²) in [5.74, 6) is -6.45. The molecule has 10 heteroatoms. The number of ether oxygens (including phenoxy) is 3. The van der Waals surface area contributed by atoms with E-state index in [1.54, 1.807) is 13.8 Å². The molecule has 2 saturated carbocycles. The quantitative estimate of drug-likeness (QED) is 0.447. The first-order valence-corrected chi connectivity index (χ1v) is 10.7. The van der Waals surface area contributed by atoms with E-state index in [2.05, 4.69) is 4.74 Å². The summed E-state index contributed by atoms with van der Waals surface area (Å²) < 4.78 is 14.9. The fourth-order valence-corrected chi connectivity index (χ4v) is 5.86. The number of methoxy groups -OCH3 is 1. The van der Waals surface area contributed by atoms with Crippen molar-refractivity contribution in [2.75, 3.05) is 7.11 Å². The van der Waals surface area contributed by atoms with Crippen LogP contribution in [-0.4, -0.2) is 59.4 Å². The molecule has 0 radical (unpaired) electrons. The van der Waals surface area contributed by atoms with Crippen LogP contribution in [0.25, 0.3) is 0 Å². The third-order valence-electron chi connectivity index (χ3n) is 7.38. The van der Waals surface area contributed by atoms with Crippen LogP contribution in [-0.2, 0) is 38.2 Å². The van der Waals surface area contributed by atoms with Crippen molar-refractivity contribution in [2.24, 2.45) is 28.6 Å². The molecule has 10 nitrogen and oxygen atoms in total. The number of rotatable bonds is 5. The first-order chi connectivity index (χ1) is 15.3. The number of Topliss-reactive ketones (excluding diaryl/α,β-unsaturated/α-hetero) is 1. The van der Waals surface area contributed by atoms with Gasteiger partial charge in [-0.3, -0.25) is 19.2 Å². The molecular formula is C23H28O10. The second-order valence-electron chi connectivity index (χ2n) is 9.31. The van der Waals surface area contributed by atoms with Crippen LogP contribution in [0.3, 0.4) is 0 Å². The lowest BCUT2D eigenvalue weighted by molar-refractivity contribution is -0.188. The number of carboxylic acids is 1. The molecule has 180 valence electrons. The minimum absolute atomic E-state index is 0.0537. The Morgan fingerprint density at radius 2 is 1.88 bits per heavy atom. The standard InChI is InChI=1S/C23H28O10/c1-11(24)32-15-10-14(21(30)31-4)23(3)8-6-13(19(27)28)22(2,18(23)17(15)26)7-5-12-9-16(25)33-20(12)29/h5,7,9,13-15,18,20,29H,6,8,10H2,1-4H3,(H,27,28)/b7-5+/t13-,14-,15-,18+,20+,22-,23-/m0/s1. The van der Waals surface area contributed by atoms with E-state index >= 15 is 0 Å². The van der Waals surface area contributed by atoms with Gasteiger partial charge in [0.05, 0.1) is 18.9 Å². The van der Waals surface area contributed by atoms with Gasteiger partial charge >= 0.3 is 23.9 Å². The highest BCUT2D eigenvalue weighted by Gasteiger charge is 2.65. The number of carbonyl (C=O) groups is 5. The zero-order chi connectivity index (χ0) is 24.7. The molecule has 0 amide bonds. The molecule has 0 unspecified atom stereocenters. The second kappa shape index (κ2) is 8.74. The van der Waals surface area contributed by atoms with Crippen molar-refractivity contribution in [3.8, 4) is 0 Å². The van der Waals surface area contributed by atoms with Gasteiger partial charge in [-0.15, -0.1) is 0 Å². The molecule has 1 heterocycles. The lowest BCUT2D eigenvalue weighted by atomic mass is 9.44. The Morgan fingerprint density at radius 3 is 2.39 bits per heavy atom. The van der Waals surface area contributed by atoms with Gasteiger partial charge in [0.25, 0.3) is 0 Å². The minimum Gasteiger partial charge on any atom is -0.481 e. The van der Waals surface area contributed by atoms with Crippen molar-refractivity contribution in [1.82, 2.24) is 0 Å². The number of aliphatic carboxylic acids is 1. The summed E-state index contributed by atoms with van der Waals surface area (Å²) in [6.45, 7) is 4.50. The molecule has 3 aliphatic rings. The van der Waals surface area contributed by atoms with Crippen LogP contribution in [0, 0.1) is 28.6 Å². The minimum atomic E-state index is -1.51. The maximum atomic E-state index is 13.7. The normalized spacial score (nSPS) is 38.3. The van der Waals surface area contributed by atoms with Gasteiger partial charge < -0.3 is 24.4 Å². The Balaban J connectivity index is 2.15. The zero-order valence-corrected chi connectivity index (χ0v) is 18.9. The lowest BCUT2D eigenvalue weighted by Crippen LogP contribution is -2.63. The summed E-state index contributed by atoms with van der Waals surface area (Å²) in [6.07, 6.45) is 1.58. The predicted molar refractivity (Wildman–Crippen MR) is 110 cm³/mol. The van der Waals surface area contributed by atoms with E-state index < -0.39 is 70.6 Å². The zero-order valence-electron chi connectivity index (χ0n) is 18.9. The predicted octanol–water partition coefficient (Wildman–Crippen LogP) is 1.16. The molecule has 7 atom stereocenters. The van der Waals surface area contributed by atoms with E-state index in [1.807, 2.05) is 0 Å². The molecule has 0 aromatic heterocycles. The van der Waals surface area contributed by atoms with Crippen LogP contribution in [0.4, 0.5) is 0 Å². The molecule has 33 heavy (non-hydrogen) atoms. The number of aliphatic hydroxyl groups is 1. The van der Waals surface area contributed by atoms with Crippen LogP contribution >= 0.6 is 0 Å². The number of aliphatic hydroxyl groups excluding tert-OH is 1. The van der Waals surface area contributed by atoms with Crippen LogP contribution in [0.5, 0.6) is 0 Å². The second-order valence-corrected chi connectivity index (χ2v) is 9.31. The molecule has 3 rings (SSSR count). The van der Waals surface area contributed by atoms with Crippen molar-refractivity contribution < 1.29 is 48.4 Å². The van der Waals surface area contributed by atoms with Crippen LogP contribution < -0.4 is 0 Å². The van der Waals surface area contributed by atoms with E-state index in [9.17, 15) is 34.2 Å². The molecule has 1 aliphatic heterocycles. The fourth-order valence-electron chi connectivity index (χ4n) is 5.86. The molecule has 0 aromatic rings. The van der Waals surface area contributed by atoms with E-state index in [4.69, 9.17) is 9.47 Å². The molecule has 0 spiro atoms. The maximum Gasteiger partial charge on any atom is 0.333 e. The Labute approximate surface area is 190 Å². The van der Waals surface area contributed by atoms with Gasteiger partial charge in [0, 0.05) is 36.3 Å². The highest BCUT2D eigenvalue weighted by Crippen LogP contribution is 2.62. The third kappa shape index (κ3) is 4.19. The molecule has 2 aliphatic carbocycles. The number of hydrogen-bond donors (Lipinski definition) is 2. The fraction of sp³-hybridized carbons (Fsp3) is 0.609. The number of carboxylic acid groups (broad SMARTS) is 1.